The molecule has 1 amide bonds. The molecule has 3 nitrogen and oxygen atoms in total. The molecule has 0 aliphatic heterocycles. The molecule has 0 aromatic carbocycles. The van der Waals surface area contributed by atoms with Crippen molar-refractivity contribution in [1.82, 2.24) is 5.32 Å². The van der Waals surface area contributed by atoms with E-state index in [9.17, 15) is 9.59 Å². The van der Waals surface area contributed by atoms with Gasteiger partial charge in [-0.2, -0.15) is 0 Å². The molecule has 1 rings (SSSR count). The summed E-state index contributed by atoms with van der Waals surface area (Å²) in [6, 6.07) is 0.328. The third-order valence-corrected chi connectivity index (χ3v) is 3.57. The van der Waals surface area contributed by atoms with Crippen LogP contribution in [0, 0.1) is 5.92 Å². The zero-order valence-electron chi connectivity index (χ0n) is 11.1. The molecule has 0 unspecified atom stereocenters. The van der Waals surface area contributed by atoms with Crippen LogP contribution in [-0.4, -0.2) is 17.7 Å². The minimum Gasteiger partial charge on any atom is -0.354 e. The maximum absolute atomic E-state index is 11.9. The summed E-state index contributed by atoms with van der Waals surface area (Å²) >= 11 is 0. The average Bonchev–Trinajstić information content (AvgIpc) is 2.21. The first-order valence-corrected chi connectivity index (χ1v) is 6.93. The number of carbonyl (C=O) groups excluding carboxylic acids is 2. The van der Waals surface area contributed by atoms with Crippen LogP contribution in [0.5, 0.6) is 0 Å². The molecule has 0 heterocycles. The molecule has 0 aromatic heterocycles. The third-order valence-electron chi connectivity index (χ3n) is 3.57. The first-order valence-electron chi connectivity index (χ1n) is 6.93. The van der Waals surface area contributed by atoms with E-state index in [1.54, 1.807) is 6.92 Å². The normalized spacial score (nSPS) is 25.8. The highest BCUT2D eigenvalue weighted by molar-refractivity contribution is 5.80. The maximum Gasteiger partial charge on any atom is 0.217 e. The fourth-order valence-electron chi connectivity index (χ4n) is 2.71. The van der Waals surface area contributed by atoms with Crippen LogP contribution in [0.1, 0.15) is 65.2 Å². The second-order valence-electron chi connectivity index (χ2n) is 5.17. The fraction of sp³-hybridized carbons (Fsp3) is 0.857. The molecule has 17 heavy (non-hydrogen) atoms. The molecule has 0 spiro atoms. The Morgan fingerprint density at radius 1 is 1.12 bits per heavy atom. The van der Waals surface area contributed by atoms with Crippen LogP contribution in [-0.2, 0) is 9.59 Å². The standard InChI is InChI=1S/C14H25NO2/c1-3-6-14(17)12-7-4-9-13(10-5-8-12)15-11(2)16/h12-13H,3-10H2,1-2H3,(H,15,16). The van der Waals surface area contributed by atoms with Gasteiger partial charge >= 0.3 is 0 Å². The Morgan fingerprint density at radius 2 is 1.71 bits per heavy atom. The van der Waals surface area contributed by atoms with Gasteiger partial charge in [0.2, 0.25) is 5.91 Å². The van der Waals surface area contributed by atoms with Crippen molar-refractivity contribution < 1.29 is 9.59 Å². The molecule has 3 heteroatoms. The number of amides is 1. The van der Waals surface area contributed by atoms with Gasteiger partial charge in [-0.3, -0.25) is 9.59 Å². The third kappa shape index (κ3) is 5.33. The molecule has 0 saturated heterocycles. The summed E-state index contributed by atoms with van der Waals surface area (Å²) in [5.41, 5.74) is 0. The van der Waals surface area contributed by atoms with E-state index in [-0.39, 0.29) is 11.8 Å². The highest BCUT2D eigenvalue weighted by Gasteiger charge is 2.21. The summed E-state index contributed by atoms with van der Waals surface area (Å²) in [7, 11) is 0. The maximum atomic E-state index is 11.9. The second kappa shape index (κ2) is 7.46. The topological polar surface area (TPSA) is 46.2 Å². The average molecular weight is 239 g/mol. The number of carbonyl (C=O) groups is 2. The lowest BCUT2D eigenvalue weighted by Crippen LogP contribution is -2.34. The summed E-state index contributed by atoms with van der Waals surface area (Å²) in [5, 5.41) is 2.99. The van der Waals surface area contributed by atoms with Gasteiger partial charge in [-0.05, 0) is 32.1 Å². The molecule has 1 aliphatic rings. The summed E-state index contributed by atoms with van der Waals surface area (Å²) in [6.07, 6.45) is 7.88. The first kappa shape index (κ1) is 14.2. The Hall–Kier alpha value is -0.860. The van der Waals surface area contributed by atoms with Crippen LogP contribution in [0.25, 0.3) is 0 Å². The van der Waals surface area contributed by atoms with E-state index in [4.69, 9.17) is 0 Å². The quantitative estimate of drug-likeness (QED) is 0.820. The molecule has 98 valence electrons. The summed E-state index contributed by atoms with van der Waals surface area (Å²) in [6.45, 7) is 3.64. The SMILES string of the molecule is CCCC(=O)C1CCCC(NC(C)=O)CCC1. The van der Waals surface area contributed by atoms with Crippen molar-refractivity contribution in [3.8, 4) is 0 Å². The van der Waals surface area contributed by atoms with E-state index < -0.39 is 0 Å². The van der Waals surface area contributed by atoms with E-state index in [1.165, 1.54) is 0 Å². The van der Waals surface area contributed by atoms with Crippen molar-refractivity contribution >= 4 is 11.7 Å². The molecule has 1 N–H and O–H groups in total. The molecule has 0 radical (unpaired) electrons. The van der Waals surface area contributed by atoms with Crippen LogP contribution >= 0.6 is 0 Å². The van der Waals surface area contributed by atoms with E-state index in [0.29, 0.717) is 11.8 Å². The number of hydrogen-bond acceptors (Lipinski definition) is 2. The van der Waals surface area contributed by atoms with Gasteiger partial charge in [0.05, 0.1) is 0 Å². The zero-order valence-corrected chi connectivity index (χ0v) is 11.1. The number of nitrogens with one attached hydrogen (secondary N) is 1. The highest BCUT2D eigenvalue weighted by Crippen LogP contribution is 2.24. The van der Waals surface area contributed by atoms with Gasteiger partial charge in [0, 0.05) is 25.3 Å². The Kier molecular flexibility index (Phi) is 6.23. The lowest BCUT2D eigenvalue weighted by Gasteiger charge is -2.24. The fourth-order valence-corrected chi connectivity index (χ4v) is 2.71. The molecule has 1 fully saturated rings. The predicted molar refractivity (Wildman–Crippen MR) is 68.7 cm³/mol. The summed E-state index contributed by atoms with van der Waals surface area (Å²) < 4.78 is 0. The molecular formula is C14H25NO2. The number of Topliss-reactive ketones (excluding diaryl/α,β-unsaturated/α-hetero) is 1. The van der Waals surface area contributed by atoms with Gasteiger partial charge < -0.3 is 5.32 Å². The van der Waals surface area contributed by atoms with Crippen LogP contribution < -0.4 is 5.32 Å². The van der Waals surface area contributed by atoms with Crippen molar-refractivity contribution in [3.63, 3.8) is 0 Å². The van der Waals surface area contributed by atoms with E-state index >= 15 is 0 Å². The Balaban J connectivity index is 2.36. The van der Waals surface area contributed by atoms with Gasteiger partial charge in [-0.25, -0.2) is 0 Å². The molecule has 0 atom stereocenters. The van der Waals surface area contributed by atoms with Crippen LogP contribution in [0.3, 0.4) is 0 Å². The van der Waals surface area contributed by atoms with Crippen molar-refractivity contribution in [2.24, 2.45) is 5.92 Å². The van der Waals surface area contributed by atoms with Crippen molar-refractivity contribution in [2.45, 2.75) is 71.3 Å². The largest absolute Gasteiger partial charge is 0.354 e. The Morgan fingerprint density at radius 3 is 2.18 bits per heavy atom. The molecular weight excluding hydrogens is 214 g/mol. The second-order valence-corrected chi connectivity index (χ2v) is 5.17. The summed E-state index contributed by atoms with van der Waals surface area (Å²) in [5.74, 6) is 0.799. The lowest BCUT2D eigenvalue weighted by molar-refractivity contribution is -0.124. The molecule has 0 aromatic rings. The predicted octanol–water partition coefficient (Wildman–Crippen LogP) is 2.83. The molecule has 1 saturated carbocycles. The van der Waals surface area contributed by atoms with Gasteiger partial charge in [-0.15, -0.1) is 0 Å². The van der Waals surface area contributed by atoms with Crippen molar-refractivity contribution in [1.29, 1.82) is 0 Å². The number of hydrogen-bond donors (Lipinski definition) is 1. The van der Waals surface area contributed by atoms with Gasteiger partial charge in [-0.1, -0.05) is 19.8 Å². The van der Waals surface area contributed by atoms with Crippen LogP contribution in [0.15, 0.2) is 0 Å². The van der Waals surface area contributed by atoms with Gasteiger partial charge in [0.1, 0.15) is 5.78 Å². The van der Waals surface area contributed by atoms with E-state index in [1.807, 2.05) is 0 Å². The highest BCUT2D eigenvalue weighted by atomic mass is 16.1. The number of ketones is 1. The smallest absolute Gasteiger partial charge is 0.217 e. The van der Waals surface area contributed by atoms with E-state index in [2.05, 4.69) is 12.2 Å². The van der Waals surface area contributed by atoms with Crippen LogP contribution in [0.4, 0.5) is 0 Å². The first-order chi connectivity index (χ1) is 8.13. The van der Waals surface area contributed by atoms with Gasteiger partial charge in [0.25, 0.3) is 0 Å². The molecule has 1 aliphatic carbocycles. The zero-order chi connectivity index (χ0) is 12.7. The Labute approximate surface area is 104 Å². The van der Waals surface area contributed by atoms with Crippen molar-refractivity contribution in [3.05, 3.63) is 0 Å². The minimum atomic E-state index is 0.0641. The van der Waals surface area contributed by atoms with E-state index in [0.717, 1.165) is 51.4 Å². The lowest BCUT2D eigenvalue weighted by atomic mass is 9.85. The van der Waals surface area contributed by atoms with Crippen LogP contribution in [0.2, 0.25) is 0 Å². The Bertz CT molecular complexity index is 253. The monoisotopic (exact) mass is 239 g/mol. The molecule has 0 bridgehead atoms. The number of rotatable bonds is 4. The van der Waals surface area contributed by atoms with Gasteiger partial charge in [0.15, 0.2) is 0 Å². The summed E-state index contributed by atoms with van der Waals surface area (Å²) in [4.78, 5) is 22.9. The minimum absolute atomic E-state index is 0.0641. The van der Waals surface area contributed by atoms with Crippen molar-refractivity contribution in [2.75, 3.05) is 0 Å².